The molecule has 0 aromatic heterocycles. The number of benzene rings is 1. The summed E-state index contributed by atoms with van der Waals surface area (Å²) >= 11 is 0. The van der Waals surface area contributed by atoms with Crippen LogP contribution in [0.3, 0.4) is 0 Å². The van der Waals surface area contributed by atoms with E-state index in [0.29, 0.717) is 6.42 Å². The van der Waals surface area contributed by atoms with Crippen molar-refractivity contribution in [2.75, 3.05) is 20.6 Å². The first-order valence-corrected chi connectivity index (χ1v) is 5.79. The lowest BCUT2D eigenvalue weighted by Crippen LogP contribution is -2.49. The molecule has 0 aliphatic carbocycles. The normalized spacial score (nSPS) is 11.7. The second kappa shape index (κ2) is 6.76. The molecule has 0 saturated heterocycles. The topological polar surface area (TPSA) is 75.4 Å². The zero-order chi connectivity index (χ0) is 13.5. The highest BCUT2D eigenvalue weighted by Crippen LogP contribution is 2.05. The third kappa shape index (κ3) is 4.18. The first-order chi connectivity index (χ1) is 8.54. The molecule has 1 unspecified atom stereocenters. The van der Waals surface area contributed by atoms with Crippen LogP contribution in [0.15, 0.2) is 30.3 Å². The van der Waals surface area contributed by atoms with Crippen molar-refractivity contribution in [1.82, 2.24) is 10.2 Å². The molecule has 1 aromatic rings. The van der Waals surface area contributed by atoms with Gasteiger partial charge in [0.1, 0.15) is 6.04 Å². The van der Waals surface area contributed by atoms with Gasteiger partial charge in [-0.05, 0) is 5.56 Å². The lowest BCUT2D eigenvalue weighted by atomic mass is 10.0. The first-order valence-electron chi connectivity index (χ1n) is 5.79. The number of nitrogens with one attached hydrogen (secondary N) is 1. The van der Waals surface area contributed by atoms with Crippen LogP contribution in [0.4, 0.5) is 0 Å². The van der Waals surface area contributed by atoms with Crippen molar-refractivity contribution < 1.29 is 9.59 Å². The number of amides is 2. The summed E-state index contributed by atoms with van der Waals surface area (Å²) in [4.78, 5) is 24.8. The smallest absolute Gasteiger partial charge is 0.244 e. The van der Waals surface area contributed by atoms with Gasteiger partial charge in [-0.1, -0.05) is 30.3 Å². The van der Waals surface area contributed by atoms with E-state index in [1.807, 2.05) is 30.3 Å². The number of likely N-dealkylation sites (N-methyl/N-ethyl adjacent to an activating group) is 1. The Labute approximate surface area is 107 Å². The Morgan fingerprint density at radius 3 is 2.39 bits per heavy atom. The molecule has 5 heteroatoms. The van der Waals surface area contributed by atoms with Gasteiger partial charge in [-0.3, -0.25) is 9.59 Å². The number of carbonyl (C=O) groups is 2. The van der Waals surface area contributed by atoms with E-state index < -0.39 is 6.04 Å². The van der Waals surface area contributed by atoms with Gasteiger partial charge < -0.3 is 16.0 Å². The average Bonchev–Trinajstić information content (AvgIpc) is 2.38. The lowest BCUT2D eigenvalue weighted by Gasteiger charge is -2.21. The lowest BCUT2D eigenvalue weighted by molar-refractivity contribution is -0.134. The molecule has 1 atom stereocenters. The molecule has 0 bridgehead atoms. The highest BCUT2D eigenvalue weighted by molar-refractivity contribution is 5.88. The van der Waals surface area contributed by atoms with Gasteiger partial charge in [-0.15, -0.1) is 0 Å². The zero-order valence-electron chi connectivity index (χ0n) is 10.7. The van der Waals surface area contributed by atoms with E-state index in [2.05, 4.69) is 5.32 Å². The van der Waals surface area contributed by atoms with Crippen LogP contribution in [-0.2, 0) is 16.0 Å². The van der Waals surface area contributed by atoms with Gasteiger partial charge in [-0.25, -0.2) is 0 Å². The largest absolute Gasteiger partial charge is 0.347 e. The van der Waals surface area contributed by atoms with E-state index >= 15 is 0 Å². The predicted octanol–water partition coefficient (Wildman–Crippen LogP) is -0.239. The van der Waals surface area contributed by atoms with Crippen LogP contribution < -0.4 is 11.1 Å². The van der Waals surface area contributed by atoms with Gasteiger partial charge in [0.05, 0.1) is 6.54 Å². The molecule has 98 valence electrons. The van der Waals surface area contributed by atoms with Crippen molar-refractivity contribution in [2.45, 2.75) is 12.5 Å². The molecule has 1 aromatic carbocycles. The monoisotopic (exact) mass is 249 g/mol. The predicted molar refractivity (Wildman–Crippen MR) is 69.8 cm³/mol. The van der Waals surface area contributed by atoms with Crippen LogP contribution in [0.25, 0.3) is 0 Å². The minimum Gasteiger partial charge on any atom is -0.347 e. The van der Waals surface area contributed by atoms with E-state index in [1.54, 1.807) is 14.1 Å². The molecule has 0 aliphatic rings. The SMILES string of the molecule is CN(C)C(=O)C(Cc1ccccc1)NC(=O)CN. The quantitative estimate of drug-likeness (QED) is 0.756. The van der Waals surface area contributed by atoms with Gasteiger partial charge in [-0.2, -0.15) is 0 Å². The van der Waals surface area contributed by atoms with Gasteiger partial charge >= 0.3 is 0 Å². The second-order valence-electron chi connectivity index (χ2n) is 4.25. The first kappa shape index (κ1) is 14.2. The molecular weight excluding hydrogens is 230 g/mol. The number of rotatable bonds is 5. The maximum absolute atomic E-state index is 12.0. The Hall–Kier alpha value is -1.88. The van der Waals surface area contributed by atoms with E-state index in [9.17, 15) is 9.59 Å². The van der Waals surface area contributed by atoms with Crippen LogP contribution in [0.2, 0.25) is 0 Å². The third-order valence-electron chi connectivity index (χ3n) is 2.54. The molecule has 0 radical (unpaired) electrons. The molecule has 5 nitrogen and oxygen atoms in total. The summed E-state index contributed by atoms with van der Waals surface area (Å²) in [6.07, 6.45) is 0.462. The van der Waals surface area contributed by atoms with Crippen molar-refractivity contribution in [2.24, 2.45) is 5.73 Å². The van der Waals surface area contributed by atoms with Crippen molar-refractivity contribution in [3.63, 3.8) is 0 Å². The van der Waals surface area contributed by atoms with Crippen molar-refractivity contribution in [3.8, 4) is 0 Å². The summed E-state index contributed by atoms with van der Waals surface area (Å²) in [6.45, 7) is -0.119. The van der Waals surface area contributed by atoms with E-state index in [4.69, 9.17) is 5.73 Å². The maximum atomic E-state index is 12.0. The number of hydrogen-bond donors (Lipinski definition) is 2. The van der Waals surface area contributed by atoms with E-state index in [-0.39, 0.29) is 18.4 Å². The molecule has 18 heavy (non-hydrogen) atoms. The number of carbonyl (C=O) groups excluding carboxylic acids is 2. The highest BCUT2D eigenvalue weighted by atomic mass is 16.2. The second-order valence-corrected chi connectivity index (χ2v) is 4.25. The Kier molecular flexibility index (Phi) is 5.32. The number of nitrogens with zero attached hydrogens (tertiary/aromatic N) is 1. The summed E-state index contributed by atoms with van der Waals surface area (Å²) in [5.74, 6) is -0.466. The Morgan fingerprint density at radius 2 is 1.89 bits per heavy atom. The third-order valence-corrected chi connectivity index (χ3v) is 2.54. The van der Waals surface area contributed by atoms with E-state index in [1.165, 1.54) is 4.90 Å². The fourth-order valence-corrected chi connectivity index (χ4v) is 1.61. The van der Waals surface area contributed by atoms with Crippen LogP contribution in [0.1, 0.15) is 5.56 Å². The van der Waals surface area contributed by atoms with Crippen molar-refractivity contribution in [1.29, 1.82) is 0 Å². The fraction of sp³-hybridized carbons (Fsp3) is 0.385. The minimum atomic E-state index is -0.571. The van der Waals surface area contributed by atoms with Crippen molar-refractivity contribution >= 4 is 11.8 Å². The van der Waals surface area contributed by atoms with Crippen LogP contribution in [0.5, 0.6) is 0 Å². The van der Waals surface area contributed by atoms with Gasteiger partial charge in [0.25, 0.3) is 0 Å². The minimum absolute atomic E-state index is 0.119. The van der Waals surface area contributed by atoms with Crippen LogP contribution >= 0.6 is 0 Å². The fourth-order valence-electron chi connectivity index (χ4n) is 1.61. The van der Waals surface area contributed by atoms with Crippen LogP contribution in [0, 0.1) is 0 Å². The summed E-state index contributed by atoms with van der Waals surface area (Å²) in [5.41, 5.74) is 6.25. The van der Waals surface area contributed by atoms with Crippen molar-refractivity contribution in [3.05, 3.63) is 35.9 Å². The molecule has 2 amide bonds. The molecule has 1 rings (SSSR count). The molecule has 0 fully saturated rings. The zero-order valence-corrected chi connectivity index (χ0v) is 10.7. The number of hydrogen-bond acceptors (Lipinski definition) is 3. The average molecular weight is 249 g/mol. The summed E-state index contributed by atoms with van der Waals surface area (Å²) < 4.78 is 0. The van der Waals surface area contributed by atoms with Crippen LogP contribution in [-0.4, -0.2) is 43.4 Å². The van der Waals surface area contributed by atoms with Gasteiger partial charge in [0.2, 0.25) is 11.8 Å². The Morgan fingerprint density at radius 1 is 1.28 bits per heavy atom. The highest BCUT2D eigenvalue weighted by Gasteiger charge is 2.21. The molecular formula is C13H19N3O2. The standard InChI is InChI=1S/C13H19N3O2/c1-16(2)13(18)11(15-12(17)9-14)8-10-6-4-3-5-7-10/h3-7,11H,8-9,14H2,1-2H3,(H,15,17). The van der Waals surface area contributed by atoms with E-state index in [0.717, 1.165) is 5.56 Å². The molecule has 0 aliphatic heterocycles. The van der Waals surface area contributed by atoms with Gasteiger partial charge in [0.15, 0.2) is 0 Å². The summed E-state index contributed by atoms with van der Waals surface area (Å²) in [5, 5.41) is 2.64. The maximum Gasteiger partial charge on any atom is 0.244 e. The summed E-state index contributed by atoms with van der Waals surface area (Å²) in [6, 6.07) is 8.98. The molecule has 3 N–H and O–H groups in total. The molecule has 0 spiro atoms. The molecule has 0 saturated carbocycles. The van der Waals surface area contributed by atoms with Gasteiger partial charge in [0, 0.05) is 20.5 Å². The number of nitrogens with two attached hydrogens (primary N) is 1. The molecule has 0 heterocycles. The Balaban J connectivity index is 2.77. The Bertz CT molecular complexity index is 404. The summed E-state index contributed by atoms with van der Waals surface area (Å²) in [7, 11) is 3.32.